The molecule has 188 valence electrons. The van der Waals surface area contributed by atoms with Crippen LogP contribution >= 0.6 is 23.2 Å². The van der Waals surface area contributed by atoms with Crippen molar-refractivity contribution in [3.8, 4) is 11.3 Å². The number of nitrogens with zero attached hydrogens (tertiary/aromatic N) is 3. The SMILES string of the molecule is CC(C)(C)OC(=O)N1C2CCC1CC(N(C=O)Cc1c(-c3c(Cl)cccc3Cl)noc1C1CC1)C2. The maximum atomic E-state index is 12.8. The molecule has 2 unspecified atom stereocenters. The molecule has 0 radical (unpaired) electrons. The molecule has 1 saturated carbocycles. The van der Waals surface area contributed by atoms with Gasteiger partial charge >= 0.3 is 6.09 Å². The first-order valence-electron chi connectivity index (χ1n) is 12.3. The van der Waals surface area contributed by atoms with Crippen LogP contribution in [0.4, 0.5) is 4.79 Å². The molecule has 9 heteroatoms. The van der Waals surface area contributed by atoms with E-state index in [2.05, 4.69) is 5.16 Å². The van der Waals surface area contributed by atoms with Gasteiger partial charge in [-0.05, 0) is 71.4 Å². The van der Waals surface area contributed by atoms with E-state index >= 15 is 0 Å². The van der Waals surface area contributed by atoms with E-state index < -0.39 is 5.60 Å². The van der Waals surface area contributed by atoms with Crippen LogP contribution in [0.3, 0.4) is 0 Å². The number of rotatable bonds is 6. The minimum absolute atomic E-state index is 0.0141. The van der Waals surface area contributed by atoms with Gasteiger partial charge in [-0.1, -0.05) is 34.4 Å². The summed E-state index contributed by atoms with van der Waals surface area (Å²) in [6.07, 6.45) is 6.03. The second-order valence-electron chi connectivity index (χ2n) is 10.9. The molecule has 3 fully saturated rings. The van der Waals surface area contributed by atoms with E-state index in [1.54, 1.807) is 18.2 Å². The number of halogens is 2. The third-order valence-corrected chi connectivity index (χ3v) is 7.85. The third kappa shape index (κ3) is 4.90. The highest BCUT2D eigenvalue weighted by atomic mass is 35.5. The third-order valence-electron chi connectivity index (χ3n) is 7.22. The molecule has 2 amide bonds. The molecule has 2 atom stereocenters. The lowest BCUT2D eigenvalue weighted by atomic mass is 9.95. The molecule has 3 aliphatic rings. The van der Waals surface area contributed by atoms with Crippen molar-refractivity contribution < 1.29 is 18.8 Å². The minimum Gasteiger partial charge on any atom is -0.444 e. The van der Waals surface area contributed by atoms with Gasteiger partial charge < -0.3 is 19.1 Å². The van der Waals surface area contributed by atoms with Crippen LogP contribution in [0.1, 0.15) is 76.5 Å². The van der Waals surface area contributed by atoms with Crippen molar-refractivity contribution in [3.05, 3.63) is 39.6 Å². The molecule has 1 aliphatic carbocycles. The fourth-order valence-electron chi connectivity index (χ4n) is 5.53. The molecular weight excluding hydrogens is 489 g/mol. The van der Waals surface area contributed by atoms with E-state index in [0.717, 1.165) is 56.3 Å². The Bertz CT molecular complexity index is 1090. The van der Waals surface area contributed by atoms with Gasteiger partial charge in [0.15, 0.2) is 0 Å². The van der Waals surface area contributed by atoms with Crippen LogP contribution in [0.5, 0.6) is 0 Å². The first-order valence-corrected chi connectivity index (χ1v) is 13.1. The zero-order valence-corrected chi connectivity index (χ0v) is 21.8. The zero-order chi connectivity index (χ0) is 24.9. The van der Waals surface area contributed by atoms with Gasteiger partial charge in [-0.25, -0.2) is 4.79 Å². The number of carbonyl (C=O) groups excluding carboxylic acids is 2. The Kier molecular flexibility index (Phi) is 6.51. The largest absolute Gasteiger partial charge is 0.444 e. The fraction of sp³-hybridized carbons (Fsp3) is 0.577. The number of amides is 2. The molecule has 2 bridgehead atoms. The summed E-state index contributed by atoms with van der Waals surface area (Å²) in [6.45, 7) is 6.01. The average molecular weight is 520 g/mol. The summed E-state index contributed by atoms with van der Waals surface area (Å²) in [5.41, 5.74) is 1.57. The Morgan fingerprint density at radius 1 is 1.17 bits per heavy atom. The first-order chi connectivity index (χ1) is 16.7. The first kappa shape index (κ1) is 24.4. The van der Waals surface area contributed by atoms with Crippen molar-refractivity contribution in [1.82, 2.24) is 15.0 Å². The number of ether oxygens (including phenoxy) is 1. The highest BCUT2D eigenvalue weighted by Gasteiger charge is 2.46. The number of piperidine rings is 1. The quantitative estimate of drug-likeness (QED) is 0.411. The molecule has 2 aromatic rings. The van der Waals surface area contributed by atoms with Crippen molar-refractivity contribution in [2.75, 3.05) is 0 Å². The van der Waals surface area contributed by atoms with Gasteiger partial charge in [-0.3, -0.25) is 4.79 Å². The lowest BCUT2D eigenvalue weighted by Gasteiger charge is -2.42. The summed E-state index contributed by atoms with van der Waals surface area (Å²) in [4.78, 5) is 28.9. The van der Waals surface area contributed by atoms with Crippen molar-refractivity contribution in [2.24, 2.45) is 0 Å². The van der Waals surface area contributed by atoms with E-state index in [9.17, 15) is 9.59 Å². The van der Waals surface area contributed by atoms with Gasteiger partial charge in [-0.15, -0.1) is 0 Å². The van der Waals surface area contributed by atoms with Crippen molar-refractivity contribution in [1.29, 1.82) is 0 Å². The van der Waals surface area contributed by atoms with E-state index in [1.165, 1.54) is 0 Å². The molecule has 7 nitrogen and oxygen atoms in total. The molecule has 2 saturated heterocycles. The predicted octanol–water partition coefficient (Wildman–Crippen LogP) is 6.41. The molecule has 0 N–H and O–H groups in total. The Balaban J connectivity index is 1.39. The van der Waals surface area contributed by atoms with Crippen molar-refractivity contribution in [2.45, 2.75) is 95.5 Å². The number of hydrogen-bond acceptors (Lipinski definition) is 5. The smallest absolute Gasteiger partial charge is 0.410 e. The molecule has 3 heterocycles. The van der Waals surface area contributed by atoms with Gasteiger partial charge in [0, 0.05) is 35.2 Å². The number of fused-ring (bicyclic) bond motifs is 2. The van der Waals surface area contributed by atoms with Crippen molar-refractivity contribution in [3.63, 3.8) is 0 Å². The van der Waals surface area contributed by atoms with E-state index in [4.69, 9.17) is 32.5 Å². The standard InChI is InChI=1S/C26H31Cl2N3O4/c1-26(2,3)34-25(33)31-16-9-10-17(31)12-18(11-16)30(14-32)13-19-23(29-35-24(19)15-7-8-15)22-20(27)5-4-6-21(22)28/h4-6,14-18H,7-13H2,1-3H3. The maximum Gasteiger partial charge on any atom is 0.410 e. The molecule has 1 aromatic carbocycles. The van der Waals surface area contributed by atoms with Crippen LogP contribution in [-0.4, -0.2) is 51.2 Å². The summed E-state index contributed by atoms with van der Waals surface area (Å²) in [5, 5.41) is 5.35. The van der Waals surface area contributed by atoms with Gasteiger partial charge in [0.1, 0.15) is 17.1 Å². The van der Waals surface area contributed by atoms with E-state index in [-0.39, 0.29) is 24.2 Å². The van der Waals surface area contributed by atoms with Crippen LogP contribution in [-0.2, 0) is 16.1 Å². The van der Waals surface area contributed by atoms with Gasteiger partial charge in [0.05, 0.1) is 16.6 Å². The Hall–Kier alpha value is -2.25. The highest BCUT2D eigenvalue weighted by Crippen LogP contribution is 2.47. The monoisotopic (exact) mass is 519 g/mol. The molecule has 2 aliphatic heterocycles. The minimum atomic E-state index is -0.536. The number of carbonyl (C=O) groups is 2. The highest BCUT2D eigenvalue weighted by molar-refractivity contribution is 6.39. The summed E-state index contributed by atoms with van der Waals surface area (Å²) in [5.74, 6) is 1.13. The normalized spacial score (nSPS) is 23.9. The predicted molar refractivity (Wildman–Crippen MR) is 133 cm³/mol. The fourth-order valence-corrected chi connectivity index (χ4v) is 6.10. The van der Waals surface area contributed by atoms with E-state index in [1.807, 2.05) is 30.6 Å². The lowest BCUT2D eigenvalue weighted by molar-refractivity contribution is -0.122. The number of aromatic nitrogens is 1. The van der Waals surface area contributed by atoms with Crippen LogP contribution in [0.25, 0.3) is 11.3 Å². The summed E-state index contributed by atoms with van der Waals surface area (Å²) in [6, 6.07) is 5.50. The summed E-state index contributed by atoms with van der Waals surface area (Å²) in [7, 11) is 0. The average Bonchev–Trinajstić information content (AvgIpc) is 3.49. The van der Waals surface area contributed by atoms with Gasteiger partial charge in [0.25, 0.3) is 0 Å². The summed E-state index contributed by atoms with van der Waals surface area (Å²) < 4.78 is 11.4. The molecule has 35 heavy (non-hydrogen) atoms. The number of benzene rings is 1. The van der Waals surface area contributed by atoms with Crippen molar-refractivity contribution >= 4 is 35.7 Å². The Labute approximate surface area is 215 Å². The van der Waals surface area contributed by atoms with Crippen LogP contribution in [0.15, 0.2) is 22.7 Å². The number of hydrogen-bond donors (Lipinski definition) is 0. The van der Waals surface area contributed by atoms with Crippen LogP contribution in [0, 0.1) is 0 Å². The Morgan fingerprint density at radius 2 is 1.80 bits per heavy atom. The second kappa shape index (κ2) is 9.32. The molecule has 5 rings (SSSR count). The van der Waals surface area contributed by atoms with Crippen LogP contribution in [0.2, 0.25) is 10.0 Å². The second-order valence-corrected chi connectivity index (χ2v) is 11.7. The molecule has 1 aromatic heterocycles. The van der Waals surface area contributed by atoms with Gasteiger partial charge in [-0.2, -0.15) is 0 Å². The zero-order valence-electron chi connectivity index (χ0n) is 20.3. The van der Waals surface area contributed by atoms with Gasteiger partial charge in [0.2, 0.25) is 6.41 Å². The molecular formula is C26H31Cl2N3O4. The maximum absolute atomic E-state index is 12.8. The summed E-state index contributed by atoms with van der Waals surface area (Å²) >= 11 is 13.0. The molecule has 0 spiro atoms. The lowest BCUT2D eigenvalue weighted by Crippen LogP contribution is -2.53. The van der Waals surface area contributed by atoms with E-state index in [0.29, 0.717) is 33.8 Å². The topological polar surface area (TPSA) is 75.9 Å². The van der Waals surface area contributed by atoms with Crippen LogP contribution < -0.4 is 0 Å². The Morgan fingerprint density at radius 3 is 2.34 bits per heavy atom.